The average Bonchev–Trinajstić information content (AvgIpc) is 3.05. The van der Waals surface area contributed by atoms with Gasteiger partial charge in [0.25, 0.3) is 5.91 Å². The van der Waals surface area contributed by atoms with Gasteiger partial charge in [-0.15, -0.1) is 0 Å². The van der Waals surface area contributed by atoms with Crippen LogP contribution in [0, 0.1) is 0 Å². The van der Waals surface area contributed by atoms with Crippen LogP contribution in [0.15, 0.2) is 48.5 Å². The van der Waals surface area contributed by atoms with Gasteiger partial charge in [-0.05, 0) is 16.7 Å². The summed E-state index contributed by atoms with van der Waals surface area (Å²) < 4.78 is 0. The number of carbonyl (C=O) groups is 1. The van der Waals surface area contributed by atoms with Crippen LogP contribution in [0.4, 0.5) is 0 Å². The SMILES string of the molecule is NC(=O)c1n[nH]nc1-c1ccc(-c2ccccc2CO)cc1. The lowest BCUT2D eigenvalue weighted by atomic mass is 9.98. The van der Waals surface area contributed by atoms with E-state index in [4.69, 9.17) is 5.73 Å². The second kappa shape index (κ2) is 5.79. The second-order valence-corrected chi connectivity index (χ2v) is 4.78. The Hall–Kier alpha value is -2.99. The number of aromatic nitrogens is 3. The number of rotatable bonds is 4. The fourth-order valence-electron chi connectivity index (χ4n) is 2.35. The van der Waals surface area contributed by atoms with E-state index in [1.54, 1.807) is 0 Å². The summed E-state index contributed by atoms with van der Waals surface area (Å²) >= 11 is 0. The van der Waals surface area contributed by atoms with Crippen LogP contribution in [0.25, 0.3) is 22.4 Å². The van der Waals surface area contributed by atoms with Gasteiger partial charge in [0.15, 0.2) is 5.69 Å². The van der Waals surface area contributed by atoms with E-state index < -0.39 is 5.91 Å². The van der Waals surface area contributed by atoms with E-state index in [1.165, 1.54) is 0 Å². The molecular formula is C16H14N4O2. The van der Waals surface area contributed by atoms with E-state index in [0.29, 0.717) is 5.69 Å². The summed E-state index contributed by atoms with van der Waals surface area (Å²) in [6.45, 7) is -0.0208. The van der Waals surface area contributed by atoms with E-state index in [2.05, 4.69) is 15.4 Å². The minimum atomic E-state index is -0.626. The van der Waals surface area contributed by atoms with Crippen molar-refractivity contribution in [2.24, 2.45) is 5.73 Å². The predicted octanol–water partition coefficient (Wildman–Crippen LogP) is 1.73. The zero-order chi connectivity index (χ0) is 15.5. The number of hydrogen-bond donors (Lipinski definition) is 3. The number of H-pyrrole nitrogens is 1. The van der Waals surface area contributed by atoms with Crippen LogP contribution < -0.4 is 5.73 Å². The van der Waals surface area contributed by atoms with Crippen molar-refractivity contribution in [1.82, 2.24) is 15.4 Å². The Morgan fingerprint density at radius 2 is 1.73 bits per heavy atom. The molecule has 110 valence electrons. The molecule has 1 aromatic heterocycles. The molecule has 6 heteroatoms. The molecule has 0 fully saturated rings. The van der Waals surface area contributed by atoms with E-state index in [1.807, 2.05) is 48.5 Å². The molecule has 0 saturated carbocycles. The fraction of sp³-hybridized carbons (Fsp3) is 0.0625. The topological polar surface area (TPSA) is 105 Å². The number of hydrogen-bond acceptors (Lipinski definition) is 4. The third-order valence-electron chi connectivity index (χ3n) is 3.44. The lowest BCUT2D eigenvalue weighted by molar-refractivity contribution is 0.0996. The van der Waals surface area contributed by atoms with Gasteiger partial charge in [0.2, 0.25) is 0 Å². The van der Waals surface area contributed by atoms with Gasteiger partial charge in [-0.1, -0.05) is 48.5 Å². The normalized spacial score (nSPS) is 10.6. The van der Waals surface area contributed by atoms with Crippen LogP contribution in [-0.2, 0) is 6.61 Å². The van der Waals surface area contributed by atoms with Gasteiger partial charge in [0, 0.05) is 5.56 Å². The van der Waals surface area contributed by atoms with Gasteiger partial charge in [-0.2, -0.15) is 15.4 Å². The molecule has 1 amide bonds. The zero-order valence-corrected chi connectivity index (χ0v) is 11.7. The fourth-order valence-corrected chi connectivity index (χ4v) is 2.35. The number of aliphatic hydroxyl groups is 1. The van der Waals surface area contributed by atoms with Crippen molar-refractivity contribution in [3.05, 3.63) is 59.8 Å². The van der Waals surface area contributed by atoms with Crippen LogP contribution in [-0.4, -0.2) is 26.4 Å². The first-order valence-corrected chi connectivity index (χ1v) is 6.71. The van der Waals surface area contributed by atoms with Crippen LogP contribution in [0.3, 0.4) is 0 Å². The summed E-state index contributed by atoms with van der Waals surface area (Å²) in [5.41, 5.74) is 9.34. The lowest BCUT2D eigenvalue weighted by Gasteiger charge is -2.08. The Balaban J connectivity index is 2.00. The number of nitrogens with two attached hydrogens (primary N) is 1. The molecule has 0 aliphatic carbocycles. The molecule has 22 heavy (non-hydrogen) atoms. The first-order valence-electron chi connectivity index (χ1n) is 6.71. The minimum Gasteiger partial charge on any atom is -0.392 e. The first kappa shape index (κ1) is 14.0. The van der Waals surface area contributed by atoms with Crippen molar-refractivity contribution >= 4 is 5.91 Å². The molecule has 4 N–H and O–H groups in total. The van der Waals surface area contributed by atoms with Gasteiger partial charge < -0.3 is 10.8 Å². The molecule has 0 aliphatic rings. The first-order chi connectivity index (χ1) is 10.7. The Morgan fingerprint density at radius 3 is 2.41 bits per heavy atom. The smallest absolute Gasteiger partial charge is 0.271 e. The summed E-state index contributed by atoms with van der Waals surface area (Å²) in [4.78, 5) is 11.3. The summed E-state index contributed by atoms with van der Waals surface area (Å²) in [5, 5.41) is 19.5. The van der Waals surface area contributed by atoms with Crippen LogP contribution in [0.1, 0.15) is 16.1 Å². The Kier molecular flexibility index (Phi) is 3.67. The van der Waals surface area contributed by atoms with Crippen molar-refractivity contribution in [3.8, 4) is 22.4 Å². The van der Waals surface area contributed by atoms with E-state index in [-0.39, 0.29) is 12.3 Å². The van der Waals surface area contributed by atoms with E-state index >= 15 is 0 Å². The maximum Gasteiger partial charge on any atom is 0.271 e. The molecule has 0 aliphatic heterocycles. The zero-order valence-electron chi connectivity index (χ0n) is 11.7. The van der Waals surface area contributed by atoms with Crippen molar-refractivity contribution in [1.29, 1.82) is 0 Å². The largest absolute Gasteiger partial charge is 0.392 e. The Labute approximate surface area is 126 Å². The standard InChI is InChI=1S/C16H14N4O2/c17-16(22)15-14(18-20-19-15)11-7-5-10(6-8-11)13-4-2-1-3-12(13)9-21/h1-8,21H,9H2,(H2,17,22)(H,18,19,20). The third kappa shape index (κ3) is 2.47. The van der Waals surface area contributed by atoms with Crippen molar-refractivity contribution < 1.29 is 9.90 Å². The van der Waals surface area contributed by atoms with Gasteiger partial charge in [0.05, 0.1) is 6.61 Å². The monoisotopic (exact) mass is 294 g/mol. The summed E-state index contributed by atoms with van der Waals surface area (Å²) in [5.74, 6) is -0.626. The summed E-state index contributed by atoms with van der Waals surface area (Å²) in [6.07, 6.45) is 0. The molecule has 0 saturated heterocycles. The summed E-state index contributed by atoms with van der Waals surface area (Å²) in [7, 11) is 0. The molecule has 3 rings (SSSR count). The molecule has 3 aromatic rings. The number of nitrogens with one attached hydrogen (secondary N) is 1. The van der Waals surface area contributed by atoms with Gasteiger partial charge in [-0.25, -0.2) is 0 Å². The molecule has 0 spiro atoms. The number of nitrogens with zero attached hydrogens (tertiary/aromatic N) is 2. The molecule has 1 heterocycles. The number of carbonyl (C=O) groups excluding carboxylic acids is 1. The maximum absolute atomic E-state index is 11.3. The van der Waals surface area contributed by atoms with Crippen LogP contribution >= 0.6 is 0 Å². The van der Waals surface area contributed by atoms with Crippen LogP contribution in [0.2, 0.25) is 0 Å². The van der Waals surface area contributed by atoms with E-state index in [9.17, 15) is 9.90 Å². The number of aliphatic hydroxyl groups excluding tert-OH is 1. The highest BCUT2D eigenvalue weighted by Gasteiger charge is 2.15. The molecule has 0 unspecified atom stereocenters. The van der Waals surface area contributed by atoms with E-state index in [0.717, 1.165) is 22.3 Å². The average molecular weight is 294 g/mol. The second-order valence-electron chi connectivity index (χ2n) is 4.78. The molecular weight excluding hydrogens is 280 g/mol. The molecule has 0 radical (unpaired) electrons. The Morgan fingerprint density at radius 1 is 1.05 bits per heavy atom. The number of benzene rings is 2. The van der Waals surface area contributed by atoms with Crippen molar-refractivity contribution in [2.45, 2.75) is 6.61 Å². The number of aromatic amines is 1. The highest BCUT2D eigenvalue weighted by atomic mass is 16.3. The molecule has 2 aromatic carbocycles. The number of amides is 1. The summed E-state index contributed by atoms with van der Waals surface area (Å²) in [6, 6.07) is 15.1. The molecule has 0 atom stereocenters. The Bertz CT molecular complexity index is 809. The number of primary amides is 1. The van der Waals surface area contributed by atoms with Crippen molar-refractivity contribution in [3.63, 3.8) is 0 Å². The predicted molar refractivity (Wildman–Crippen MR) is 81.7 cm³/mol. The maximum atomic E-state index is 11.3. The minimum absolute atomic E-state index is 0.0208. The highest BCUT2D eigenvalue weighted by Crippen LogP contribution is 2.27. The van der Waals surface area contributed by atoms with Crippen LogP contribution in [0.5, 0.6) is 0 Å². The highest BCUT2D eigenvalue weighted by molar-refractivity contribution is 5.96. The van der Waals surface area contributed by atoms with Gasteiger partial charge >= 0.3 is 0 Å². The lowest BCUT2D eigenvalue weighted by Crippen LogP contribution is -2.12. The van der Waals surface area contributed by atoms with Gasteiger partial charge in [-0.3, -0.25) is 4.79 Å². The molecule has 0 bridgehead atoms. The van der Waals surface area contributed by atoms with Gasteiger partial charge in [0.1, 0.15) is 5.69 Å². The molecule has 6 nitrogen and oxygen atoms in total. The third-order valence-corrected chi connectivity index (χ3v) is 3.44. The quantitative estimate of drug-likeness (QED) is 0.681. The van der Waals surface area contributed by atoms with Crippen molar-refractivity contribution in [2.75, 3.05) is 0 Å².